The average molecular weight is 373 g/mol. The zero-order valence-corrected chi connectivity index (χ0v) is 14.8. The molecule has 0 saturated heterocycles. The second kappa shape index (κ2) is 5.56. The number of rotatable bonds is 0. The number of hydrogen-bond donors (Lipinski definition) is 1. The lowest BCUT2D eigenvalue weighted by atomic mass is 9.75. The Morgan fingerprint density at radius 1 is 1.26 bits per heavy atom. The third kappa shape index (κ3) is 2.13. The van der Waals surface area contributed by atoms with Crippen LogP contribution in [0.5, 0.6) is 0 Å². The molecule has 0 fully saturated rings. The molecule has 0 aromatic heterocycles. The summed E-state index contributed by atoms with van der Waals surface area (Å²) in [6.45, 7) is 3.11. The van der Waals surface area contributed by atoms with Crippen molar-refractivity contribution in [2.45, 2.75) is 31.8 Å². The Bertz CT molecular complexity index is 711. The molecule has 1 aromatic rings. The smallest absolute Gasteiger partial charge is 0.206 e. The summed E-state index contributed by atoms with van der Waals surface area (Å²) in [5, 5.41) is 8.74. The fourth-order valence-corrected chi connectivity index (χ4v) is 4.92. The fourth-order valence-electron chi connectivity index (χ4n) is 4.92. The van der Waals surface area contributed by atoms with Gasteiger partial charge in [0, 0.05) is 23.9 Å². The van der Waals surface area contributed by atoms with Crippen LogP contribution in [0.2, 0.25) is 0 Å². The van der Waals surface area contributed by atoms with Gasteiger partial charge in [0.15, 0.2) is 0 Å². The maximum absolute atomic E-state index is 4.43. The Morgan fingerprint density at radius 2 is 2.13 bits per heavy atom. The van der Waals surface area contributed by atoms with Gasteiger partial charge in [0.05, 0.1) is 0 Å². The van der Waals surface area contributed by atoms with E-state index in [2.05, 4.69) is 64.7 Å². The van der Waals surface area contributed by atoms with Crippen LogP contribution in [0.1, 0.15) is 18.9 Å². The molecule has 5 atom stereocenters. The summed E-state index contributed by atoms with van der Waals surface area (Å²) in [6.07, 6.45) is 9.39. The standard InChI is InChI=1S/C18H20N4.BrH/c1-12-5-4-8-15-18(12)16-9-13-6-2-3-7-14(13)21(16)10-17-20-19-11-22(15)17;/h2-7,10,12,15-16,18H,8-9,11H2,1H3;1H. The molecule has 3 heterocycles. The molecule has 23 heavy (non-hydrogen) atoms. The second-order valence-corrected chi connectivity index (χ2v) is 6.95. The number of halogens is 1. The van der Waals surface area contributed by atoms with Gasteiger partial charge in [0.1, 0.15) is 24.6 Å². The van der Waals surface area contributed by atoms with Crippen molar-refractivity contribution in [2.24, 2.45) is 22.1 Å². The minimum absolute atomic E-state index is 0. The fraction of sp³-hybridized carbons (Fsp3) is 0.444. The molecule has 4 aliphatic rings. The van der Waals surface area contributed by atoms with Gasteiger partial charge in [-0.1, -0.05) is 37.3 Å². The van der Waals surface area contributed by atoms with Gasteiger partial charge in [-0.15, -0.1) is 5.11 Å². The summed E-state index contributed by atoms with van der Waals surface area (Å²) in [5.41, 5.74) is 2.94. The zero-order valence-electron chi connectivity index (χ0n) is 13.2. The summed E-state index contributed by atoms with van der Waals surface area (Å²) >= 11 is 0. The lowest BCUT2D eigenvalue weighted by molar-refractivity contribution is -0.804. The van der Waals surface area contributed by atoms with Gasteiger partial charge in [0.25, 0.3) is 0 Å². The van der Waals surface area contributed by atoms with Gasteiger partial charge in [-0.3, -0.25) is 4.90 Å². The van der Waals surface area contributed by atoms with E-state index in [1.54, 1.807) is 0 Å². The Labute approximate surface area is 147 Å². The number of fused-ring (bicyclic) bond motifs is 7. The topological polar surface area (TPSA) is 32.4 Å². The minimum atomic E-state index is 0. The number of allylic oxidation sites excluding steroid dienone is 1. The molecule has 1 N–H and O–H groups in total. The summed E-state index contributed by atoms with van der Waals surface area (Å²) in [7, 11) is 0. The molecule has 3 aliphatic heterocycles. The molecule has 1 aromatic carbocycles. The molecular formula is C18H21BrN4. The highest BCUT2D eigenvalue weighted by molar-refractivity contribution is 5.44. The molecule has 0 amide bonds. The SMILES string of the molecule is CC1C=CCC2C1C1Cc3ccccc3[NH+]1C=C1N=NCN12.[Br-]. The van der Waals surface area contributed by atoms with Crippen molar-refractivity contribution in [3.05, 3.63) is 54.0 Å². The molecule has 0 spiro atoms. The van der Waals surface area contributed by atoms with Crippen LogP contribution in [0, 0.1) is 11.8 Å². The molecule has 1 aliphatic carbocycles. The number of benzene rings is 1. The maximum Gasteiger partial charge on any atom is 0.206 e. The highest BCUT2D eigenvalue weighted by Crippen LogP contribution is 2.39. The van der Waals surface area contributed by atoms with Gasteiger partial charge in [-0.2, -0.15) is 5.11 Å². The van der Waals surface area contributed by atoms with Crippen LogP contribution < -0.4 is 21.9 Å². The van der Waals surface area contributed by atoms with E-state index in [0.29, 0.717) is 23.9 Å². The largest absolute Gasteiger partial charge is 1.00 e. The van der Waals surface area contributed by atoms with Crippen LogP contribution >= 0.6 is 0 Å². The highest BCUT2D eigenvalue weighted by atomic mass is 79.9. The molecule has 5 rings (SSSR count). The predicted octanol–water partition coefficient (Wildman–Crippen LogP) is -0.750. The number of nitrogens with zero attached hydrogens (tertiary/aromatic N) is 3. The van der Waals surface area contributed by atoms with Crippen LogP contribution in [0.15, 0.2) is 58.7 Å². The molecule has 5 unspecified atom stereocenters. The van der Waals surface area contributed by atoms with Gasteiger partial charge in [-0.25, -0.2) is 0 Å². The molecule has 5 heteroatoms. The van der Waals surface area contributed by atoms with Crippen LogP contribution in [-0.2, 0) is 6.42 Å². The Kier molecular flexibility index (Phi) is 3.65. The monoisotopic (exact) mass is 372 g/mol. The lowest BCUT2D eigenvalue weighted by Crippen LogP contribution is -3.06. The van der Waals surface area contributed by atoms with E-state index >= 15 is 0 Å². The molecule has 0 saturated carbocycles. The maximum atomic E-state index is 4.43. The van der Waals surface area contributed by atoms with Crippen molar-refractivity contribution < 1.29 is 21.9 Å². The van der Waals surface area contributed by atoms with Crippen molar-refractivity contribution in [3.8, 4) is 0 Å². The molecular weight excluding hydrogens is 352 g/mol. The van der Waals surface area contributed by atoms with Crippen LogP contribution in [0.3, 0.4) is 0 Å². The highest BCUT2D eigenvalue weighted by Gasteiger charge is 2.50. The van der Waals surface area contributed by atoms with Crippen molar-refractivity contribution in [3.63, 3.8) is 0 Å². The molecule has 120 valence electrons. The minimum Gasteiger partial charge on any atom is -1.00 e. The van der Waals surface area contributed by atoms with Gasteiger partial charge in [-0.05, 0) is 18.4 Å². The quantitative estimate of drug-likeness (QED) is 0.597. The Morgan fingerprint density at radius 3 is 3.04 bits per heavy atom. The van der Waals surface area contributed by atoms with Gasteiger partial charge in [0.2, 0.25) is 5.82 Å². The Hall–Kier alpha value is -1.46. The van der Waals surface area contributed by atoms with E-state index < -0.39 is 0 Å². The first kappa shape index (κ1) is 15.1. The molecule has 0 bridgehead atoms. The van der Waals surface area contributed by atoms with Crippen molar-refractivity contribution >= 4 is 5.69 Å². The molecule has 4 nitrogen and oxygen atoms in total. The second-order valence-electron chi connectivity index (χ2n) is 6.95. The first-order valence-electron chi connectivity index (χ1n) is 8.30. The summed E-state index contributed by atoms with van der Waals surface area (Å²) in [4.78, 5) is 3.92. The van der Waals surface area contributed by atoms with Crippen molar-refractivity contribution in [2.75, 3.05) is 6.67 Å². The van der Waals surface area contributed by atoms with Crippen LogP contribution in [0.4, 0.5) is 5.69 Å². The van der Waals surface area contributed by atoms with Crippen LogP contribution in [0.25, 0.3) is 0 Å². The van der Waals surface area contributed by atoms with Crippen LogP contribution in [-0.4, -0.2) is 23.7 Å². The van der Waals surface area contributed by atoms with E-state index in [4.69, 9.17) is 0 Å². The van der Waals surface area contributed by atoms with Gasteiger partial charge >= 0.3 is 0 Å². The summed E-state index contributed by atoms with van der Waals surface area (Å²) in [6, 6.07) is 10.1. The Balaban J connectivity index is 0.00000135. The lowest BCUT2D eigenvalue weighted by Gasteiger charge is -2.39. The summed E-state index contributed by atoms with van der Waals surface area (Å²) in [5.74, 6) is 2.35. The van der Waals surface area contributed by atoms with E-state index in [9.17, 15) is 0 Å². The molecule has 0 radical (unpaired) electrons. The van der Waals surface area contributed by atoms with E-state index in [1.807, 2.05) is 0 Å². The van der Waals surface area contributed by atoms with E-state index in [1.165, 1.54) is 22.6 Å². The first-order chi connectivity index (χ1) is 10.8. The van der Waals surface area contributed by atoms with Crippen molar-refractivity contribution in [1.82, 2.24) is 4.90 Å². The number of azo groups is 1. The summed E-state index contributed by atoms with van der Waals surface area (Å²) < 4.78 is 0. The third-order valence-electron chi connectivity index (χ3n) is 5.87. The number of quaternary nitrogens is 1. The normalized spacial score (nSPS) is 36.3. The third-order valence-corrected chi connectivity index (χ3v) is 5.87. The van der Waals surface area contributed by atoms with E-state index in [-0.39, 0.29) is 17.0 Å². The number of hydrogen-bond acceptors (Lipinski definition) is 3. The average Bonchev–Trinajstić information content (AvgIpc) is 3.10. The zero-order chi connectivity index (χ0) is 14.7. The number of nitrogens with one attached hydrogen (secondary N) is 1. The van der Waals surface area contributed by atoms with E-state index in [0.717, 1.165) is 18.9 Å². The first-order valence-corrected chi connectivity index (χ1v) is 8.30. The van der Waals surface area contributed by atoms with Gasteiger partial charge < -0.3 is 21.9 Å². The predicted molar refractivity (Wildman–Crippen MR) is 84.4 cm³/mol. The number of para-hydroxylation sites is 1. The van der Waals surface area contributed by atoms with Crippen molar-refractivity contribution in [1.29, 1.82) is 0 Å².